The summed E-state index contributed by atoms with van der Waals surface area (Å²) in [6.45, 7) is 6.55. The molecule has 4 aromatic rings. The van der Waals surface area contributed by atoms with Gasteiger partial charge >= 0.3 is 12.1 Å². The molecule has 0 aliphatic carbocycles. The molecule has 0 radical (unpaired) electrons. The minimum absolute atomic E-state index is 0.0412. The van der Waals surface area contributed by atoms with Crippen LogP contribution in [0.15, 0.2) is 121 Å². The molecule has 0 aliphatic rings. The number of carbonyl (C=O) groups excluding carboxylic acids is 6. The van der Waals surface area contributed by atoms with Crippen molar-refractivity contribution in [2.45, 2.75) is 89.2 Å². The molecule has 0 unspecified atom stereocenters. The second kappa shape index (κ2) is 21.7. The van der Waals surface area contributed by atoms with Crippen LogP contribution >= 0.6 is 0 Å². The van der Waals surface area contributed by atoms with E-state index in [1.807, 2.05) is 72.8 Å². The summed E-state index contributed by atoms with van der Waals surface area (Å²) in [7, 11) is 1.23. The Labute approximate surface area is 339 Å². The van der Waals surface area contributed by atoms with E-state index in [9.17, 15) is 28.8 Å². The molecule has 0 fully saturated rings. The first-order chi connectivity index (χ1) is 27.7. The van der Waals surface area contributed by atoms with Crippen molar-refractivity contribution in [2.24, 2.45) is 0 Å². The lowest BCUT2D eigenvalue weighted by atomic mass is 10.0. The number of methoxy groups -OCH3 is 1. The fraction of sp³-hybridized carbons (Fsp3) is 0.333. The van der Waals surface area contributed by atoms with Crippen LogP contribution in [0.1, 0.15) is 49.9 Å². The van der Waals surface area contributed by atoms with Gasteiger partial charge in [0.25, 0.3) is 0 Å². The van der Waals surface area contributed by atoms with Gasteiger partial charge in [0.1, 0.15) is 35.8 Å². The van der Waals surface area contributed by atoms with Crippen LogP contribution in [0.2, 0.25) is 0 Å². The summed E-state index contributed by atoms with van der Waals surface area (Å²) >= 11 is 0. The van der Waals surface area contributed by atoms with Crippen LogP contribution in [0.25, 0.3) is 0 Å². The first-order valence-corrected chi connectivity index (χ1v) is 19.1. The summed E-state index contributed by atoms with van der Waals surface area (Å²) in [6.07, 6.45) is -0.477. The maximum Gasteiger partial charge on any atom is 0.408 e. The number of esters is 1. The van der Waals surface area contributed by atoms with Gasteiger partial charge in [0, 0.05) is 25.7 Å². The summed E-state index contributed by atoms with van der Waals surface area (Å²) in [5.41, 5.74) is 2.19. The van der Waals surface area contributed by atoms with Crippen LogP contribution in [0.3, 0.4) is 0 Å². The average Bonchev–Trinajstić information content (AvgIpc) is 3.20. The highest BCUT2D eigenvalue weighted by Crippen LogP contribution is 2.12. The van der Waals surface area contributed by atoms with Crippen LogP contribution < -0.4 is 26.6 Å². The van der Waals surface area contributed by atoms with E-state index in [4.69, 9.17) is 9.47 Å². The Balaban J connectivity index is 1.60. The number of nitrogens with one attached hydrogen (secondary N) is 5. The molecule has 0 heterocycles. The fourth-order valence-corrected chi connectivity index (χ4v) is 6.03. The third-order valence-electron chi connectivity index (χ3n) is 8.96. The second-order valence-electron chi connectivity index (χ2n) is 14.9. The molecule has 306 valence electrons. The SMILES string of the molecule is COC(=O)[C@H](Cc1ccccc1)NC(=O)[C@H](Cc1ccccc1)NC(=O)[C@H](Cc1ccccc1)NC(=O)[C@H](Cc1ccccc1)NC(=O)[C@@H](C)NC(=O)OC(C)(C)C. The molecule has 0 bridgehead atoms. The van der Waals surface area contributed by atoms with Gasteiger partial charge in [-0.15, -0.1) is 0 Å². The van der Waals surface area contributed by atoms with E-state index in [1.165, 1.54) is 14.0 Å². The molecule has 0 aromatic heterocycles. The third kappa shape index (κ3) is 14.9. The number of ether oxygens (including phenoxy) is 2. The van der Waals surface area contributed by atoms with Crippen molar-refractivity contribution >= 4 is 35.7 Å². The van der Waals surface area contributed by atoms with Gasteiger partial charge in [-0.1, -0.05) is 121 Å². The van der Waals surface area contributed by atoms with E-state index < -0.39 is 71.5 Å². The standard InChI is InChI=1S/C45H53N5O8/c1-30(46-44(56)58-45(2,3)4)39(51)47-35(26-31-18-10-6-11-19-31)40(52)48-36(27-32-20-12-7-13-21-32)41(53)49-37(28-33-22-14-8-15-23-33)42(54)50-38(43(55)57-5)29-34-24-16-9-17-25-34/h6-25,30,35-38H,26-29H2,1-5H3,(H,46,56)(H,47,51)(H,48,52)(H,49,53)(H,50,54)/t30-,35+,36+,37+,38+/m1/s1. The summed E-state index contributed by atoms with van der Waals surface area (Å²) in [5.74, 6) is -3.28. The number of alkyl carbamates (subject to hydrolysis) is 1. The highest BCUT2D eigenvalue weighted by atomic mass is 16.6. The van der Waals surface area contributed by atoms with Gasteiger partial charge in [-0.2, -0.15) is 0 Å². The lowest BCUT2D eigenvalue weighted by molar-refractivity contribution is -0.145. The van der Waals surface area contributed by atoms with Gasteiger partial charge in [0.2, 0.25) is 23.6 Å². The third-order valence-corrected chi connectivity index (χ3v) is 8.96. The summed E-state index contributed by atoms with van der Waals surface area (Å²) in [4.78, 5) is 81.3. The Morgan fingerprint density at radius 3 is 1.07 bits per heavy atom. The minimum Gasteiger partial charge on any atom is -0.467 e. The maximum atomic E-state index is 14.4. The summed E-state index contributed by atoms with van der Waals surface area (Å²) in [6, 6.07) is 30.6. The fourth-order valence-electron chi connectivity index (χ4n) is 6.03. The Bertz CT molecular complexity index is 1960. The highest BCUT2D eigenvalue weighted by Gasteiger charge is 2.33. The quantitative estimate of drug-likeness (QED) is 0.0939. The molecule has 5 N–H and O–H groups in total. The molecule has 13 heteroatoms. The first kappa shape index (κ1) is 44.2. The lowest BCUT2D eigenvalue weighted by Crippen LogP contribution is -2.60. The number of amides is 5. The molecular weight excluding hydrogens is 739 g/mol. The zero-order chi connectivity index (χ0) is 42.1. The Kier molecular flexibility index (Phi) is 16.5. The van der Waals surface area contributed by atoms with Gasteiger partial charge in [-0.3, -0.25) is 19.2 Å². The topological polar surface area (TPSA) is 181 Å². The first-order valence-electron chi connectivity index (χ1n) is 19.1. The van der Waals surface area contributed by atoms with Crippen LogP contribution in [0, 0.1) is 0 Å². The molecule has 4 aromatic carbocycles. The Morgan fingerprint density at radius 1 is 0.466 bits per heavy atom. The van der Waals surface area contributed by atoms with Gasteiger partial charge < -0.3 is 36.1 Å². The summed E-state index contributed by atoms with van der Waals surface area (Å²) < 4.78 is 10.3. The highest BCUT2D eigenvalue weighted by molar-refractivity contribution is 5.96. The van der Waals surface area contributed by atoms with Crippen molar-refractivity contribution in [2.75, 3.05) is 7.11 Å². The number of hydrogen-bond donors (Lipinski definition) is 5. The molecule has 0 spiro atoms. The molecule has 0 aliphatic heterocycles. The van der Waals surface area contributed by atoms with Crippen LogP contribution in [-0.4, -0.2) is 78.6 Å². The van der Waals surface area contributed by atoms with Gasteiger partial charge in [0.05, 0.1) is 7.11 Å². The van der Waals surface area contributed by atoms with Crippen molar-refractivity contribution in [1.29, 1.82) is 0 Å². The van der Waals surface area contributed by atoms with Gasteiger partial charge in [0.15, 0.2) is 0 Å². The van der Waals surface area contributed by atoms with E-state index in [0.717, 1.165) is 22.3 Å². The monoisotopic (exact) mass is 791 g/mol. The largest absolute Gasteiger partial charge is 0.467 e. The molecule has 0 saturated heterocycles. The predicted molar refractivity (Wildman–Crippen MR) is 219 cm³/mol. The molecule has 13 nitrogen and oxygen atoms in total. The van der Waals surface area contributed by atoms with Gasteiger partial charge in [-0.05, 0) is 49.9 Å². The molecule has 5 amide bonds. The average molecular weight is 792 g/mol. The molecular formula is C45H53N5O8. The Hall–Kier alpha value is -6.50. The summed E-state index contributed by atoms with van der Waals surface area (Å²) in [5, 5.41) is 13.7. The van der Waals surface area contributed by atoms with E-state index in [0.29, 0.717) is 0 Å². The van der Waals surface area contributed by atoms with Crippen LogP contribution in [0.4, 0.5) is 4.79 Å². The number of rotatable bonds is 18. The smallest absolute Gasteiger partial charge is 0.408 e. The zero-order valence-corrected chi connectivity index (χ0v) is 33.5. The van der Waals surface area contributed by atoms with E-state index >= 15 is 0 Å². The second-order valence-corrected chi connectivity index (χ2v) is 14.9. The normalized spacial score (nSPS) is 13.6. The van der Waals surface area contributed by atoms with Gasteiger partial charge in [-0.25, -0.2) is 9.59 Å². The number of carbonyl (C=O) groups is 6. The molecule has 4 rings (SSSR count). The number of benzene rings is 4. The minimum atomic E-state index is -1.21. The Morgan fingerprint density at radius 2 is 0.759 bits per heavy atom. The van der Waals surface area contributed by atoms with E-state index in [-0.39, 0.29) is 25.7 Å². The molecule has 0 saturated carbocycles. The van der Waals surface area contributed by atoms with Crippen LogP contribution in [0.5, 0.6) is 0 Å². The van der Waals surface area contributed by atoms with Crippen molar-refractivity contribution in [3.63, 3.8) is 0 Å². The maximum absolute atomic E-state index is 14.4. The van der Waals surface area contributed by atoms with E-state index in [2.05, 4.69) is 26.6 Å². The predicted octanol–water partition coefficient (Wildman–Crippen LogP) is 3.98. The van der Waals surface area contributed by atoms with Crippen LogP contribution in [-0.2, 0) is 59.1 Å². The van der Waals surface area contributed by atoms with Crippen molar-refractivity contribution in [3.05, 3.63) is 144 Å². The zero-order valence-electron chi connectivity index (χ0n) is 33.5. The van der Waals surface area contributed by atoms with Crippen molar-refractivity contribution in [3.8, 4) is 0 Å². The molecule has 58 heavy (non-hydrogen) atoms. The molecule has 5 atom stereocenters. The number of hydrogen-bond acceptors (Lipinski definition) is 8. The van der Waals surface area contributed by atoms with E-state index in [1.54, 1.807) is 69.3 Å². The lowest BCUT2D eigenvalue weighted by Gasteiger charge is -2.27. The van der Waals surface area contributed by atoms with Crippen molar-refractivity contribution in [1.82, 2.24) is 26.6 Å². The van der Waals surface area contributed by atoms with Crippen molar-refractivity contribution < 1.29 is 38.2 Å².